The zero-order valence-corrected chi connectivity index (χ0v) is 10.2. The Labute approximate surface area is 104 Å². The van der Waals surface area contributed by atoms with Gasteiger partial charge in [0.2, 0.25) is 0 Å². The van der Waals surface area contributed by atoms with Gasteiger partial charge in [0, 0.05) is 12.6 Å². The van der Waals surface area contributed by atoms with Crippen LogP contribution >= 0.6 is 0 Å². The van der Waals surface area contributed by atoms with Crippen LogP contribution in [0, 0.1) is 0 Å². The maximum absolute atomic E-state index is 13.4. The van der Waals surface area contributed by atoms with Gasteiger partial charge in [-0.1, -0.05) is 0 Å². The molecule has 1 aliphatic rings. The van der Waals surface area contributed by atoms with E-state index in [1.807, 2.05) is 0 Å². The van der Waals surface area contributed by atoms with E-state index in [1.54, 1.807) is 6.92 Å². The first kappa shape index (κ1) is 12.7. The summed E-state index contributed by atoms with van der Waals surface area (Å²) in [6.07, 6.45) is 0.951. The smallest absolute Gasteiger partial charge is 0.272 e. The van der Waals surface area contributed by atoms with Gasteiger partial charge < -0.3 is 5.32 Å². The summed E-state index contributed by atoms with van der Waals surface area (Å²) in [5.41, 5.74) is -0.103. The number of hydrogen-bond donors (Lipinski definition) is 1. The zero-order chi connectivity index (χ0) is 13.1. The fraction of sp³-hybridized carbons (Fsp3) is 0.583. The van der Waals surface area contributed by atoms with Crippen LogP contribution in [0.3, 0.4) is 0 Å². The zero-order valence-electron chi connectivity index (χ0n) is 10.2. The molecule has 2 rings (SSSR count). The fourth-order valence-electron chi connectivity index (χ4n) is 2.12. The average molecular weight is 253 g/mol. The van der Waals surface area contributed by atoms with Gasteiger partial charge in [-0.15, -0.1) is 0 Å². The number of carbonyl (C=O) groups excluding carboxylic acids is 1. The Morgan fingerprint density at radius 3 is 2.94 bits per heavy atom. The summed E-state index contributed by atoms with van der Waals surface area (Å²) in [6.45, 7) is 2.17. The molecule has 0 aliphatic heterocycles. The Morgan fingerprint density at radius 2 is 2.33 bits per heavy atom. The van der Waals surface area contributed by atoms with Crippen molar-refractivity contribution in [3.8, 4) is 0 Å². The van der Waals surface area contributed by atoms with E-state index in [-0.39, 0.29) is 11.3 Å². The largest absolute Gasteiger partial charge is 0.345 e. The van der Waals surface area contributed by atoms with Crippen LogP contribution in [0.15, 0.2) is 16.9 Å². The molecule has 1 amide bonds. The molecule has 18 heavy (non-hydrogen) atoms. The topological polar surface area (TPSA) is 64.0 Å². The second kappa shape index (κ2) is 5.29. The number of amides is 1. The molecule has 1 aliphatic carbocycles. The maximum atomic E-state index is 13.4. The van der Waals surface area contributed by atoms with Crippen molar-refractivity contribution >= 4 is 5.91 Å². The second-order valence-electron chi connectivity index (χ2n) is 4.40. The molecule has 1 aromatic rings. The summed E-state index contributed by atoms with van der Waals surface area (Å²) in [5, 5.41) is 6.55. The predicted octanol–water partition coefficient (Wildman–Crippen LogP) is 0.884. The van der Waals surface area contributed by atoms with Crippen LogP contribution in [-0.2, 0) is 6.54 Å². The number of aryl methyl sites for hydroxylation is 1. The minimum Gasteiger partial charge on any atom is -0.345 e. The van der Waals surface area contributed by atoms with Crippen LogP contribution in [0.4, 0.5) is 4.39 Å². The van der Waals surface area contributed by atoms with Gasteiger partial charge in [0.15, 0.2) is 0 Å². The van der Waals surface area contributed by atoms with E-state index < -0.39 is 18.1 Å². The van der Waals surface area contributed by atoms with Gasteiger partial charge in [0.05, 0.1) is 6.04 Å². The van der Waals surface area contributed by atoms with Gasteiger partial charge in [0.25, 0.3) is 11.5 Å². The van der Waals surface area contributed by atoms with E-state index in [4.69, 9.17) is 0 Å². The summed E-state index contributed by atoms with van der Waals surface area (Å²) in [7, 11) is 0. The van der Waals surface area contributed by atoms with Gasteiger partial charge in [0.1, 0.15) is 11.9 Å². The number of aromatic nitrogens is 2. The molecule has 0 bridgehead atoms. The molecule has 0 spiro atoms. The van der Waals surface area contributed by atoms with Crippen LogP contribution in [-0.4, -0.2) is 27.9 Å². The average Bonchev–Trinajstić information content (AvgIpc) is 2.75. The van der Waals surface area contributed by atoms with Gasteiger partial charge in [-0.3, -0.25) is 9.59 Å². The molecule has 1 saturated carbocycles. The Balaban J connectivity index is 2.11. The van der Waals surface area contributed by atoms with Crippen LogP contribution in [0.2, 0.25) is 0 Å². The number of nitrogens with zero attached hydrogens (tertiary/aromatic N) is 2. The third-order valence-electron chi connectivity index (χ3n) is 3.15. The summed E-state index contributed by atoms with van der Waals surface area (Å²) >= 11 is 0. The van der Waals surface area contributed by atoms with E-state index in [0.29, 0.717) is 19.4 Å². The second-order valence-corrected chi connectivity index (χ2v) is 4.40. The van der Waals surface area contributed by atoms with E-state index in [2.05, 4.69) is 10.4 Å². The molecule has 6 heteroatoms. The lowest BCUT2D eigenvalue weighted by molar-refractivity contribution is 0.0911. The van der Waals surface area contributed by atoms with Gasteiger partial charge >= 0.3 is 0 Å². The van der Waals surface area contributed by atoms with Crippen molar-refractivity contribution in [2.45, 2.75) is 44.9 Å². The Kier molecular flexibility index (Phi) is 3.74. The monoisotopic (exact) mass is 253 g/mol. The SMILES string of the molecule is CCn1nc(C(=O)N[C@H]2CCC[C@H]2F)ccc1=O. The summed E-state index contributed by atoms with van der Waals surface area (Å²) in [5.74, 6) is -0.424. The van der Waals surface area contributed by atoms with Crippen molar-refractivity contribution in [3.05, 3.63) is 28.2 Å². The van der Waals surface area contributed by atoms with Crippen LogP contribution in [0.25, 0.3) is 0 Å². The normalized spacial score (nSPS) is 23.0. The molecule has 0 unspecified atom stereocenters. The Morgan fingerprint density at radius 1 is 1.56 bits per heavy atom. The molecule has 0 radical (unpaired) electrons. The molecule has 1 N–H and O–H groups in total. The lowest BCUT2D eigenvalue weighted by atomic mass is 10.2. The van der Waals surface area contributed by atoms with E-state index in [1.165, 1.54) is 16.8 Å². The van der Waals surface area contributed by atoms with Crippen molar-refractivity contribution < 1.29 is 9.18 Å². The molecule has 1 fully saturated rings. The van der Waals surface area contributed by atoms with Crippen LogP contribution < -0.4 is 10.9 Å². The minimum atomic E-state index is -0.981. The molecule has 0 aromatic carbocycles. The molecule has 98 valence electrons. The number of carbonyl (C=O) groups is 1. The van der Waals surface area contributed by atoms with Gasteiger partial charge in [-0.2, -0.15) is 5.10 Å². The van der Waals surface area contributed by atoms with Crippen molar-refractivity contribution in [3.63, 3.8) is 0 Å². The van der Waals surface area contributed by atoms with Crippen molar-refractivity contribution in [1.29, 1.82) is 0 Å². The summed E-state index contributed by atoms with van der Waals surface area (Å²) in [4.78, 5) is 23.2. The Hall–Kier alpha value is -1.72. The van der Waals surface area contributed by atoms with Crippen molar-refractivity contribution in [2.75, 3.05) is 0 Å². The minimum absolute atomic E-state index is 0.149. The quantitative estimate of drug-likeness (QED) is 0.869. The Bertz CT molecular complexity index is 500. The van der Waals surface area contributed by atoms with E-state index >= 15 is 0 Å². The number of alkyl halides is 1. The number of hydrogen-bond acceptors (Lipinski definition) is 3. The molecule has 5 nitrogen and oxygen atoms in total. The van der Waals surface area contributed by atoms with E-state index in [0.717, 1.165) is 6.42 Å². The molecule has 2 atom stereocenters. The lowest BCUT2D eigenvalue weighted by Gasteiger charge is -2.14. The number of halogens is 1. The maximum Gasteiger partial charge on any atom is 0.272 e. The summed E-state index contributed by atoms with van der Waals surface area (Å²) in [6, 6.07) is 2.24. The molecular formula is C12H16FN3O2. The molecule has 1 aromatic heterocycles. The predicted molar refractivity (Wildman–Crippen MR) is 64.2 cm³/mol. The highest BCUT2D eigenvalue weighted by Crippen LogP contribution is 2.21. The summed E-state index contributed by atoms with van der Waals surface area (Å²) < 4.78 is 14.6. The third kappa shape index (κ3) is 2.57. The van der Waals surface area contributed by atoms with Gasteiger partial charge in [-0.05, 0) is 32.3 Å². The highest BCUT2D eigenvalue weighted by molar-refractivity contribution is 5.92. The first-order valence-corrected chi connectivity index (χ1v) is 6.15. The number of nitrogens with one attached hydrogen (secondary N) is 1. The molecule has 0 saturated heterocycles. The number of rotatable bonds is 3. The highest BCUT2D eigenvalue weighted by Gasteiger charge is 2.28. The standard InChI is InChI=1S/C12H16FN3O2/c1-2-16-11(17)7-6-10(15-16)12(18)14-9-5-3-4-8(9)13/h6-9H,2-5H2,1H3,(H,14,18)/t8-,9+/m1/s1. The molecular weight excluding hydrogens is 237 g/mol. The first-order valence-electron chi connectivity index (χ1n) is 6.15. The van der Waals surface area contributed by atoms with Crippen LogP contribution in [0.5, 0.6) is 0 Å². The fourth-order valence-corrected chi connectivity index (χ4v) is 2.12. The first-order chi connectivity index (χ1) is 8.61. The highest BCUT2D eigenvalue weighted by atomic mass is 19.1. The van der Waals surface area contributed by atoms with Crippen LogP contribution in [0.1, 0.15) is 36.7 Å². The van der Waals surface area contributed by atoms with Gasteiger partial charge in [-0.25, -0.2) is 9.07 Å². The van der Waals surface area contributed by atoms with Crippen molar-refractivity contribution in [1.82, 2.24) is 15.1 Å². The third-order valence-corrected chi connectivity index (χ3v) is 3.15. The lowest BCUT2D eigenvalue weighted by Crippen LogP contribution is -2.39. The van der Waals surface area contributed by atoms with E-state index in [9.17, 15) is 14.0 Å². The molecule has 1 heterocycles. The van der Waals surface area contributed by atoms with Crippen molar-refractivity contribution in [2.24, 2.45) is 0 Å².